The largest absolute Gasteiger partial charge is 0.465 e. The molecule has 19 nitrogen and oxygen atoms in total. The summed E-state index contributed by atoms with van der Waals surface area (Å²) in [6.07, 6.45) is 10.9. The standard InChI is InChI=1S/C64H103N11O8/c1-12-73(59(46(4)38-62(8,9)42-83-49(7)78)54-37-53(39-66-56(54)47(5)81-11)71-33-31-70(32-34-71)51-17-18-51)52-21-19-50(20-22-52)69(35-36-76)30-23-55(72-40-64(41-72)43-82-44-64)57(61(80)75-29-14-13-27-67-75)68-60(79)58(45(2)3)74-28-16-25-63(74,10)24-15-26-65-48(6)77/h19-22,37,39,45,47,51,55,57-58,67,76H,12-18,23-36,38,40-44H2,1-11H3,(H,65,77)(H,68,79)/b59-46+/t47?,55?,57?,58?,63-/m1/s1. The normalized spacial score (nSPS) is 22.3. The fourth-order valence-corrected chi connectivity index (χ4v) is 14.0. The van der Waals surface area contributed by atoms with Gasteiger partial charge in [-0.15, -0.1) is 0 Å². The van der Waals surface area contributed by atoms with Gasteiger partial charge in [0.05, 0.1) is 56.2 Å². The van der Waals surface area contributed by atoms with E-state index in [1.807, 2.05) is 13.1 Å². The van der Waals surface area contributed by atoms with Crippen LogP contribution in [0.5, 0.6) is 0 Å². The van der Waals surface area contributed by atoms with Crippen LogP contribution in [0.3, 0.4) is 0 Å². The highest BCUT2D eigenvalue weighted by atomic mass is 16.5. The highest BCUT2D eigenvalue weighted by molar-refractivity contribution is 5.91. The van der Waals surface area contributed by atoms with Crippen LogP contribution in [-0.2, 0) is 33.4 Å². The summed E-state index contributed by atoms with van der Waals surface area (Å²) >= 11 is 0. The number of esters is 1. The molecule has 4 unspecified atom stereocenters. The molecule has 6 heterocycles. The number of piperazine rings is 1. The Morgan fingerprint density at radius 2 is 1.66 bits per heavy atom. The third-order valence-corrected chi connectivity index (χ3v) is 18.6. The lowest BCUT2D eigenvalue weighted by Gasteiger charge is -2.58. The lowest BCUT2D eigenvalue weighted by Crippen LogP contribution is -2.73. The van der Waals surface area contributed by atoms with Crippen molar-refractivity contribution < 1.29 is 38.5 Å². The Balaban J connectivity index is 1.10. The fraction of sp³-hybridized carbons (Fsp3) is 0.734. The Bertz CT molecular complexity index is 2520. The number of nitrogens with one attached hydrogen (secondary N) is 3. The Morgan fingerprint density at radius 1 is 0.952 bits per heavy atom. The minimum atomic E-state index is -0.837. The lowest BCUT2D eigenvalue weighted by atomic mass is 9.76. The van der Waals surface area contributed by atoms with E-state index in [0.717, 1.165) is 130 Å². The number of ether oxygens (including phenoxy) is 3. The summed E-state index contributed by atoms with van der Waals surface area (Å²) in [7, 11) is 1.73. The molecule has 2 aromatic rings. The number of likely N-dealkylation sites (tertiary alicyclic amines) is 2. The van der Waals surface area contributed by atoms with Crippen molar-refractivity contribution in [2.75, 3.05) is 133 Å². The van der Waals surface area contributed by atoms with Gasteiger partial charge in [-0.25, -0.2) is 5.43 Å². The van der Waals surface area contributed by atoms with E-state index in [1.54, 1.807) is 19.0 Å². The van der Waals surface area contributed by atoms with Gasteiger partial charge in [-0.05, 0) is 140 Å². The Morgan fingerprint density at radius 3 is 2.25 bits per heavy atom. The number of carbonyl (C=O) groups is 4. The minimum Gasteiger partial charge on any atom is -0.465 e. The molecule has 4 N–H and O–H groups in total. The Hall–Kier alpha value is -4.89. The van der Waals surface area contributed by atoms with Crippen LogP contribution in [0.4, 0.5) is 17.1 Å². The summed E-state index contributed by atoms with van der Waals surface area (Å²) < 4.78 is 17.4. The number of amides is 3. The summed E-state index contributed by atoms with van der Waals surface area (Å²) in [5.74, 6) is -0.619. The van der Waals surface area contributed by atoms with Crippen molar-refractivity contribution in [3.63, 3.8) is 0 Å². The van der Waals surface area contributed by atoms with Crippen molar-refractivity contribution in [1.29, 1.82) is 0 Å². The van der Waals surface area contributed by atoms with E-state index in [9.17, 15) is 14.7 Å². The first-order valence-corrected chi connectivity index (χ1v) is 31.5. The van der Waals surface area contributed by atoms with Crippen molar-refractivity contribution in [2.24, 2.45) is 16.7 Å². The molecule has 1 aliphatic carbocycles. The van der Waals surface area contributed by atoms with Crippen LogP contribution in [-0.4, -0.2) is 202 Å². The number of aliphatic hydroxyl groups is 1. The van der Waals surface area contributed by atoms with Gasteiger partial charge in [-0.3, -0.25) is 43.9 Å². The predicted molar refractivity (Wildman–Crippen MR) is 328 cm³/mol. The van der Waals surface area contributed by atoms with Crippen LogP contribution < -0.4 is 30.8 Å². The summed E-state index contributed by atoms with van der Waals surface area (Å²) in [5.41, 5.74) is 9.87. The highest BCUT2D eigenvalue weighted by Crippen LogP contribution is 2.43. The second-order valence-electron chi connectivity index (χ2n) is 26.4. The van der Waals surface area contributed by atoms with Gasteiger partial charge in [0.1, 0.15) is 6.04 Å². The molecule has 6 fully saturated rings. The molecule has 19 heteroatoms. The number of hydrazine groups is 1. The molecule has 5 aliphatic heterocycles. The molecular formula is C64H103N11O8. The number of aliphatic hydroxyl groups excluding tert-OH is 1. The average Bonchev–Trinajstić information content (AvgIpc) is 4.37. The Labute approximate surface area is 496 Å². The predicted octanol–water partition coefficient (Wildman–Crippen LogP) is 6.61. The highest BCUT2D eigenvalue weighted by Gasteiger charge is 2.54. The maximum atomic E-state index is 15.2. The third-order valence-electron chi connectivity index (χ3n) is 18.6. The fourth-order valence-electron chi connectivity index (χ4n) is 14.0. The minimum absolute atomic E-state index is 0.0265. The summed E-state index contributed by atoms with van der Waals surface area (Å²) in [6.45, 7) is 31.4. The number of allylic oxidation sites excluding steroid dienone is 1. The van der Waals surface area contributed by atoms with Crippen molar-refractivity contribution >= 4 is 46.5 Å². The summed E-state index contributed by atoms with van der Waals surface area (Å²) in [4.78, 5) is 73.9. The van der Waals surface area contributed by atoms with E-state index >= 15 is 9.59 Å². The zero-order chi connectivity index (χ0) is 59.6. The van der Waals surface area contributed by atoms with Gasteiger partial charge in [-0.1, -0.05) is 27.7 Å². The van der Waals surface area contributed by atoms with Gasteiger partial charge in [0.2, 0.25) is 11.8 Å². The zero-order valence-corrected chi connectivity index (χ0v) is 52.4. The first-order valence-electron chi connectivity index (χ1n) is 31.5. The van der Waals surface area contributed by atoms with Gasteiger partial charge < -0.3 is 44.7 Å². The number of rotatable bonds is 29. The van der Waals surface area contributed by atoms with Crippen molar-refractivity contribution in [2.45, 2.75) is 169 Å². The van der Waals surface area contributed by atoms with Gasteiger partial charge in [0.15, 0.2) is 0 Å². The first-order chi connectivity index (χ1) is 39.7. The van der Waals surface area contributed by atoms with E-state index in [0.29, 0.717) is 65.3 Å². The molecule has 1 aromatic carbocycles. The van der Waals surface area contributed by atoms with E-state index in [1.165, 1.54) is 19.8 Å². The molecule has 0 radical (unpaired) electrons. The molecule has 5 saturated heterocycles. The maximum absolute atomic E-state index is 15.2. The monoisotopic (exact) mass is 1150 g/mol. The SMILES string of the molecule is CCN(/C(=C(\C)CC(C)(C)COC(C)=O)c1cc(N2CCN(C3CC3)CC2)cnc1C(C)OC)c1ccc(N(CCO)CCC(C(NC(=O)C(C(C)C)N2CCC[C@@]2(C)CCCNC(C)=O)C(=O)N2CCCCN2)N2CC3(COC3)C2)cc1. The number of benzene rings is 1. The van der Waals surface area contributed by atoms with E-state index in [2.05, 4.69) is 124 Å². The van der Waals surface area contributed by atoms with Gasteiger partial charge in [-0.2, -0.15) is 0 Å². The molecule has 3 amide bonds. The Kier molecular flexibility index (Phi) is 22.0. The van der Waals surface area contributed by atoms with E-state index in [4.69, 9.17) is 19.2 Å². The second kappa shape index (κ2) is 28.5. The number of pyridine rings is 1. The molecule has 8 rings (SSSR count). The van der Waals surface area contributed by atoms with Crippen LogP contribution in [0.15, 0.2) is 42.1 Å². The van der Waals surface area contributed by atoms with Crippen LogP contribution in [0.25, 0.3) is 5.70 Å². The maximum Gasteiger partial charge on any atom is 0.302 e. The third kappa shape index (κ3) is 16.0. The average molecular weight is 1150 g/mol. The van der Waals surface area contributed by atoms with Gasteiger partial charge >= 0.3 is 5.97 Å². The molecule has 83 heavy (non-hydrogen) atoms. The number of methoxy groups -OCH3 is 1. The van der Waals surface area contributed by atoms with E-state index < -0.39 is 12.1 Å². The van der Waals surface area contributed by atoms with Crippen molar-refractivity contribution in [1.82, 2.24) is 40.8 Å². The number of carbonyl (C=O) groups excluding carboxylic acids is 4. The zero-order valence-electron chi connectivity index (χ0n) is 52.4. The molecule has 5 atom stereocenters. The number of nitrogens with zero attached hydrogens (tertiary/aromatic N) is 8. The van der Waals surface area contributed by atoms with E-state index in [-0.39, 0.29) is 71.3 Å². The molecule has 462 valence electrons. The summed E-state index contributed by atoms with van der Waals surface area (Å²) in [6, 6.07) is 9.99. The van der Waals surface area contributed by atoms with Crippen LogP contribution in [0, 0.1) is 16.7 Å². The van der Waals surface area contributed by atoms with Gasteiger partial charge in [0.25, 0.3) is 5.91 Å². The lowest BCUT2D eigenvalue weighted by molar-refractivity contribution is -0.202. The molecular weight excluding hydrogens is 1050 g/mol. The molecule has 1 spiro atoms. The van der Waals surface area contributed by atoms with Crippen LogP contribution in [0.1, 0.15) is 151 Å². The molecule has 1 aromatic heterocycles. The topological polar surface area (TPSA) is 188 Å². The number of aromatic nitrogens is 1. The van der Waals surface area contributed by atoms with Crippen molar-refractivity contribution in [3.8, 4) is 0 Å². The summed E-state index contributed by atoms with van der Waals surface area (Å²) in [5, 5.41) is 18.9. The molecule has 6 aliphatic rings. The smallest absolute Gasteiger partial charge is 0.302 e. The quantitative estimate of drug-likeness (QED) is 0.0503. The second-order valence-corrected chi connectivity index (χ2v) is 26.4. The van der Waals surface area contributed by atoms with Crippen LogP contribution >= 0.6 is 0 Å². The molecule has 1 saturated carbocycles. The number of anilines is 3. The number of hydrogen-bond acceptors (Lipinski definition) is 16. The number of hydrogen-bond donors (Lipinski definition) is 4. The van der Waals surface area contributed by atoms with Crippen molar-refractivity contribution in [3.05, 3.63) is 53.4 Å². The van der Waals surface area contributed by atoms with Gasteiger partial charge in [0, 0.05) is 151 Å². The molecule has 0 bridgehead atoms. The van der Waals surface area contributed by atoms with Crippen LogP contribution in [0.2, 0.25) is 0 Å². The first kappa shape index (κ1) is 64.1.